The van der Waals surface area contributed by atoms with Gasteiger partial charge in [0.1, 0.15) is 4.47 Å². The molecule has 0 atom stereocenters. The van der Waals surface area contributed by atoms with Crippen molar-refractivity contribution in [2.45, 2.75) is 38.8 Å². The van der Waals surface area contributed by atoms with Gasteiger partial charge in [0.05, 0.1) is 30.6 Å². The van der Waals surface area contributed by atoms with Crippen LogP contribution < -0.4 is 10.9 Å². The Labute approximate surface area is 134 Å². The molecule has 0 amide bonds. The largest absolute Gasteiger partial charge is 0.394 e. The van der Waals surface area contributed by atoms with Crippen molar-refractivity contribution in [2.24, 2.45) is 0 Å². The molecule has 0 bridgehead atoms. The van der Waals surface area contributed by atoms with E-state index in [-0.39, 0.29) is 12.2 Å². The average molecular weight is 361 g/mol. The lowest BCUT2D eigenvalue weighted by molar-refractivity contribution is 0.202. The molecule has 0 fully saturated rings. The maximum Gasteiger partial charge on any atom is 0.283 e. The first kappa shape index (κ1) is 18.1. The van der Waals surface area contributed by atoms with Crippen LogP contribution in [0.4, 0.5) is 5.69 Å². The quantitative estimate of drug-likeness (QED) is 0.735. The summed E-state index contributed by atoms with van der Waals surface area (Å²) in [6.07, 6.45) is 3.16. The second kappa shape index (κ2) is 7.91. The number of nitrogens with zero attached hydrogens (tertiary/aromatic N) is 3. The maximum absolute atomic E-state index is 12.3. The number of halogens is 1. The van der Waals surface area contributed by atoms with E-state index in [1.165, 1.54) is 4.68 Å². The summed E-state index contributed by atoms with van der Waals surface area (Å²) in [5.41, 5.74) is 0.0340. The van der Waals surface area contributed by atoms with Crippen molar-refractivity contribution in [3.05, 3.63) is 21.0 Å². The molecule has 1 heterocycles. The Morgan fingerprint density at radius 1 is 1.43 bits per heavy atom. The lowest BCUT2D eigenvalue weighted by Crippen LogP contribution is -2.41. The monoisotopic (exact) mass is 360 g/mol. The number of nitrogens with one attached hydrogen (secondary N) is 1. The molecule has 0 spiro atoms. The molecule has 1 aromatic rings. The van der Waals surface area contributed by atoms with Crippen molar-refractivity contribution < 1.29 is 5.11 Å². The van der Waals surface area contributed by atoms with Crippen molar-refractivity contribution >= 4 is 21.6 Å². The molecule has 120 valence electrons. The van der Waals surface area contributed by atoms with E-state index < -0.39 is 5.54 Å². The maximum atomic E-state index is 12.3. The molecule has 0 aliphatic carbocycles. The summed E-state index contributed by atoms with van der Waals surface area (Å²) in [4.78, 5) is 14.3. The molecule has 0 aliphatic heterocycles. The summed E-state index contributed by atoms with van der Waals surface area (Å²) < 4.78 is 1.89. The normalized spacial score (nSPS) is 12.0. The fraction of sp³-hybridized carbons (Fsp3) is 0.714. The minimum Gasteiger partial charge on any atom is -0.394 e. The van der Waals surface area contributed by atoms with Gasteiger partial charge in [-0.2, -0.15) is 5.10 Å². The van der Waals surface area contributed by atoms with E-state index in [9.17, 15) is 9.90 Å². The van der Waals surface area contributed by atoms with Gasteiger partial charge in [0.2, 0.25) is 0 Å². The molecule has 6 nitrogen and oxygen atoms in total. The molecule has 0 unspecified atom stereocenters. The molecule has 0 aromatic carbocycles. The fourth-order valence-electron chi connectivity index (χ4n) is 1.98. The van der Waals surface area contributed by atoms with Crippen LogP contribution in [-0.2, 0) is 6.54 Å². The van der Waals surface area contributed by atoms with Crippen LogP contribution in [0, 0.1) is 0 Å². The highest BCUT2D eigenvalue weighted by Crippen LogP contribution is 2.25. The highest BCUT2D eigenvalue weighted by atomic mass is 79.9. The highest BCUT2D eigenvalue weighted by molar-refractivity contribution is 9.10. The molecule has 7 heteroatoms. The van der Waals surface area contributed by atoms with E-state index >= 15 is 0 Å². The molecule has 1 rings (SSSR count). The number of hydrogen-bond acceptors (Lipinski definition) is 5. The van der Waals surface area contributed by atoms with E-state index in [1.54, 1.807) is 6.20 Å². The molecule has 2 N–H and O–H groups in total. The summed E-state index contributed by atoms with van der Waals surface area (Å²) in [7, 11) is 3.90. The highest BCUT2D eigenvalue weighted by Gasteiger charge is 2.26. The topological polar surface area (TPSA) is 70.4 Å². The van der Waals surface area contributed by atoms with Crippen LogP contribution in [0.1, 0.15) is 26.7 Å². The van der Waals surface area contributed by atoms with Crippen molar-refractivity contribution in [1.82, 2.24) is 14.7 Å². The lowest BCUT2D eigenvalue weighted by Gasteiger charge is -2.32. The molecular formula is C14H25BrN4O2. The first-order valence-electron chi connectivity index (χ1n) is 7.18. The number of hydrogen-bond donors (Lipinski definition) is 2. The second-order valence-corrected chi connectivity index (χ2v) is 6.27. The minimum atomic E-state index is -0.424. The van der Waals surface area contributed by atoms with Crippen molar-refractivity contribution in [1.29, 1.82) is 0 Å². The minimum absolute atomic E-state index is 0.0101. The lowest BCUT2D eigenvalue weighted by atomic mass is 9.93. The smallest absolute Gasteiger partial charge is 0.283 e. The van der Waals surface area contributed by atoms with Gasteiger partial charge < -0.3 is 15.3 Å². The summed E-state index contributed by atoms with van der Waals surface area (Å²) in [6.45, 7) is 5.31. The molecule has 21 heavy (non-hydrogen) atoms. The molecule has 0 radical (unpaired) electrons. The third kappa shape index (κ3) is 4.52. The average Bonchev–Trinajstić information content (AvgIpc) is 2.48. The zero-order valence-corrected chi connectivity index (χ0v) is 14.8. The Morgan fingerprint density at radius 2 is 2.05 bits per heavy atom. The van der Waals surface area contributed by atoms with Gasteiger partial charge in [-0.25, -0.2) is 4.68 Å². The number of aromatic nitrogens is 2. The zero-order valence-electron chi connectivity index (χ0n) is 13.2. The van der Waals surface area contributed by atoms with Crippen molar-refractivity contribution in [2.75, 3.05) is 32.6 Å². The van der Waals surface area contributed by atoms with Crippen LogP contribution in [-0.4, -0.2) is 52.6 Å². The Bertz CT molecular complexity index is 504. The van der Waals surface area contributed by atoms with E-state index in [1.807, 2.05) is 32.8 Å². The Hall–Kier alpha value is -0.920. The number of aliphatic hydroxyl groups excluding tert-OH is 1. The molecule has 1 aromatic heterocycles. The SMILES string of the molecule is CCC(CC)(CO)Nc1cnn(CCN(C)C)c(=O)c1Br. The first-order valence-corrected chi connectivity index (χ1v) is 7.97. The molecular weight excluding hydrogens is 336 g/mol. The van der Waals surface area contributed by atoms with Crippen LogP contribution in [0.3, 0.4) is 0 Å². The summed E-state index contributed by atoms with van der Waals surface area (Å²) >= 11 is 3.35. The fourth-order valence-corrected chi connectivity index (χ4v) is 2.39. The summed E-state index contributed by atoms with van der Waals surface area (Å²) in [5, 5.41) is 17.1. The van der Waals surface area contributed by atoms with Crippen LogP contribution in [0.25, 0.3) is 0 Å². The van der Waals surface area contributed by atoms with Crippen molar-refractivity contribution in [3.63, 3.8) is 0 Å². The van der Waals surface area contributed by atoms with Crippen LogP contribution in [0.15, 0.2) is 15.5 Å². The second-order valence-electron chi connectivity index (χ2n) is 5.47. The van der Waals surface area contributed by atoms with Gasteiger partial charge in [-0.15, -0.1) is 0 Å². The van der Waals surface area contributed by atoms with E-state index in [0.29, 0.717) is 16.7 Å². The van der Waals surface area contributed by atoms with Gasteiger partial charge in [0.25, 0.3) is 5.56 Å². The Balaban J connectivity index is 3.01. The number of aliphatic hydroxyl groups is 1. The number of anilines is 1. The molecule has 0 saturated carbocycles. The van der Waals surface area contributed by atoms with E-state index in [2.05, 4.69) is 26.3 Å². The third-order valence-electron chi connectivity index (χ3n) is 3.80. The van der Waals surface area contributed by atoms with E-state index in [4.69, 9.17) is 0 Å². The van der Waals surface area contributed by atoms with Gasteiger partial charge >= 0.3 is 0 Å². The predicted octanol–water partition coefficient (Wildman–Crippen LogP) is 1.53. The van der Waals surface area contributed by atoms with Gasteiger partial charge in [-0.3, -0.25) is 4.79 Å². The van der Waals surface area contributed by atoms with Crippen LogP contribution in [0.2, 0.25) is 0 Å². The number of likely N-dealkylation sites (N-methyl/N-ethyl adjacent to an activating group) is 1. The van der Waals surface area contributed by atoms with E-state index in [0.717, 1.165) is 19.4 Å². The van der Waals surface area contributed by atoms with Gasteiger partial charge in [-0.1, -0.05) is 13.8 Å². The van der Waals surface area contributed by atoms with Gasteiger partial charge in [-0.05, 0) is 42.9 Å². The Kier molecular flexibility index (Phi) is 6.83. The van der Waals surface area contributed by atoms with Gasteiger partial charge in [0, 0.05) is 6.54 Å². The number of rotatable bonds is 8. The molecule has 0 saturated heterocycles. The third-order valence-corrected chi connectivity index (χ3v) is 4.57. The van der Waals surface area contributed by atoms with Crippen LogP contribution >= 0.6 is 15.9 Å². The predicted molar refractivity (Wildman–Crippen MR) is 88.8 cm³/mol. The van der Waals surface area contributed by atoms with Crippen LogP contribution in [0.5, 0.6) is 0 Å². The first-order chi connectivity index (χ1) is 9.89. The zero-order chi connectivity index (χ0) is 16.0. The standard InChI is InChI=1S/C14H25BrN4O2/c1-5-14(6-2,10-20)17-11-9-16-19(8-7-18(3)4)13(21)12(11)15/h9,17,20H,5-8,10H2,1-4H3. The Morgan fingerprint density at radius 3 is 2.52 bits per heavy atom. The van der Waals surface area contributed by atoms with Gasteiger partial charge in [0.15, 0.2) is 0 Å². The summed E-state index contributed by atoms with van der Waals surface area (Å²) in [6, 6.07) is 0. The van der Waals surface area contributed by atoms with Crippen molar-refractivity contribution in [3.8, 4) is 0 Å². The summed E-state index contributed by atoms with van der Waals surface area (Å²) in [5.74, 6) is 0. The molecule has 0 aliphatic rings.